The standard InChI is InChI=1S/C14H23NO4/c1-9-5-7-11(8-6-9)14(3,4)19-15-12(10(2)16)13(17)18/h9,11H,5-8H2,1-4H3,(H,17,18)/b15-12+. The zero-order chi connectivity index (χ0) is 14.6. The van der Waals surface area contributed by atoms with Gasteiger partial charge in [-0.15, -0.1) is 0 Å². The number of aliphatic carboxylic acids is 1. The van der Waals surface area contributed by atoms with Gasteiger partial charge in [0, 0.05) is 12.8 Å². The predicted molar refractivity (Wildman–Crippen MR) is 72.0 cm³/mol. The van der Waals surface area contributed by atoms with Crippen LogP contribution in [0.3, 0.4) is 0 Å². The van der Waals surface area contributed by atoms with Gasteiger partial charge in [-0.05, 0) is 32.6 Å². The van der Waals surface area contributed by atoms with Crippen molar-refractivity contribution in [3.05, 3.63) is 0 Å². The van der Waals surface area contributed by atoms with Crippen LogP contribution in [0.15, 0.2) is 5.16 Å². The number of carbonyl (C=O) groups excluding carboxylic acids is 1. The number of Topliss-reactive ketones (excluding diaryl/α,β-unsaturated/α-hetero) is 1. The van der Waals surface area contributed by atoms with Crippen molar-refractivity contribution >= 4 is 17.5 Å². The highest BCUT2D eigenvalue weighted by Gasteiger charge is 2.35. The number of carbonyl (C=O) groups is 2. The molecule has 1 saturated carbocycles. The summed E-state index contributed by atoms with van der Waals surface area (Å²) in [5.41, 5.74) is -1.09. The Bertz CT molecular complexity index is 363. The van der Waals surface area contributed by atoms with Crippen LogP contribution in [-0.2, 0) is 14.4 Å². The summed E-state index contributed by atoms with van der Waals surface area (Å²) in [7, 11) is 0. The van der Waals surface area contributed by atoms with E-state index in [9.17, 15) is 9.59 Å². The first-order valence-corrected chi connectivity index (χ1v) is 6.74. The summed E-state index contributed by atoms with van der Waals surface area (Å²) >= 11 is 0. The molecule has 0 unspecified atom stereocenters. The molecule has 1 aliphatic carbocycles. The van der Waals surface area contributed by atoms with E-state index in [1.54, 1.807) is 0 Å². The maximum Gasteiger partial charge on any atom is 0.361 e. The number of carboxylic acids is 1. The first-order valence-electron chi connectivity index (χ1n) is 6.74. The van der Waals surface area contributed by atoms with Crippen LogP contribution in [0.25, 0.3) is 0 Å². The fourth-order valence-electron chi connectivity index (χ4n) is 2.45. The lowest BCUT2D eigenvalue weighted by atomic mass is 9.75. The maximum atomic E-state index is 11.1. The first kappa shape index (κ1) is 15.7. The molecule has 0 radical (unpaired) electrons. The molecule has 1 fully saturated rings. The summed E-state index contributed by atoms with van der Waals surface area (Å²) in [5, 5.41) is 12.4. The van der Waals surface area contributed by atoms with Crippen LogP contribution in [0.5, 0.6) is 0 Å². The van der Waals surface area contributed by atoms with Gasteiger partial charge in [-0.3, -0.25) is 4.79 Å². The molecule has 0 heterocycles. The van der Waals surface area contributed by atoms with Gasteiger partial charge in [-0.2, -0.15) is 0 Å². The summed E-state index contributed by atoms with van der Waals surface area (Å²) in [4.78, 5) is 27.4. The van der Waals surface area contributed by atoms with Gasteiger partial charge in [0.25, 0.3) is 0 Å². The number of ketones is 1. The zero-order valence-corrected chi connectivity index (χ0v) is 12.1. The van der Waals surface area contributed by atoms with E-state index in [-0.39, 0.29) is 0 Å². The molecule has 0 spiro atoms. The maximum absolute atomic E-state index is 11.1. The van der Waals surface area contributed by atoms with Gasteiger partial charge >= 0.3 is 5.97 Å². The van der Waals surface area contributed by atoms with E-state index >= 15 is 0 Å². The van der Waals surface area contributed by atoms with Crippen molar-refractivity contribution in [3.8, 4) is 0 Å². The molecule has 0 amide bonds. The average molecular weight is 269 g/mol. The van der Waals surface area contributed by atoms with Gasteiger partial charge in [0.1, 0.15) is 5.60 Å². The van der Waals surface area contributed by atoms with Gasteiger partial charge in [-0.1, -0.05) is 24.9 Å². The number of hydrogen-bond donors (Lipinski definition) is 1. The van der Waals surface area contributed by atoms with Gasteiger partial charge in [0.05, 0.1) is 0 Å². The zero-order valence-electron chi connectivity index (χ0n) is 12.1. The van der Waals surface area contributed by atoms with Crippen LogP contribution < -0.4 is 0 Å². The van der Waals surface area contributed by atoms with Crippen molar-refractivity contribution in [3.63, 3.8) is 0 Å². The van der Waals surface area contributed by atoms with E-state index < -0.39 is 23.1 Å². The molecular formula is C14H23NO4. The van der Waals surface area contributed by atoms with Crippen molar-refractivity contribution in [2.45, 2.75) is 59.0 Å². The Balaban J connectivity index is 2.70. The highest BCUT2D eigenvalue weighted by molar-refractivity contribution is 6.63. The minimum Gasteiger partial charge on any atom is -0.476 e. The topological polar surface area (TPSA) is 76.0 Å². The second-order valence-electron chi connectivity index (χ2n) is 5.95. The van der Waals surface area contributed by atoms with Crippen molar-refractivity contribution in [1.29, 1.82) is 0 Å². The molecule has 5 nitrogen and oxygen atoms in total. The second kappa shape index (κ2) is 6.17. The first-order chi connectivity index (χ1) is 8.74. The van der Waals surface area contributed by atoms with Crippen LogP contribution in [0.2, 0.25) is 0 Å². The Labute approximate surface area is 114 Å². The van der Waals surface area contributed by atoms with Crippen molar-refractivity contribution in [1.82, 2.24) is 0 Å². The fraction of sp³-hybridized carbons (Fsp3) is 0.786. The van der Waals surface area contributed by atoms with E-state index in [1.165, 1.54) is 6.92 Å². The van der Waals surface area contributed by atoms with Crippen LogP contribution >= 0.6 is 0 Å². The molecule has 0 aromatic rings. The lowest BCUT2D eigenvalue weighted by Crippen LogP contribution is -2.36. The molecule has 0 saturated heterocycles. The van der Waals surface area contributed by atoms with Gasteiger partial charge in [0.15, 0.2) is 5.78 Å². The Morgan fingerprint density at radius 3 is 2.16 bits per heavy atom. The molecule has 5 heteroatoms. The largest absolute Gasteiger partial charge is 0.476 e. The van der Waals surface area contributed by atoms with E-state index in [0.29, 0.717) is 5.92 Å². The third kappa shape index (κ3) is 4.33. The van der Waals surface area contributed by atoms with E-state index in [2.05, 4.69) is 12.1 Å². The van der Waals surface area contributed by atoms with Crippen LogP contribution in [-0.4, -0.2) is 28.2 Å². The normalized spacial score (nSPS) is 24.9. The Kier molecular flexibility index (Phi) is 5.09. The molecule has 0 aromatic heterocycles. The Hall–Kier alpha value is -1.39. The molecule has 1 rings (SSSR count). The third-order valence-corrected chi connectivity index (χ3v) is 3.91. The van der Waals surface area contributed by atoms with E-state index in [4.69, 9.17) is 9.94 Å². The smallest absolute Gasteiger partial charge is 0.361 e. The summed E-state index contributed by atoms with van der Waals surface area (Å²) in [5.74, 6) is -0.863. The van der Waals surface area contributed by atoms with Crippen LogP contribution in [0.1, 0.15) is 53.4 Å². The van der Waals surface area contributed by atoms with E-state index in [0.717, 1.165) is 31.6 Å². The quantitative estimate of drug-likeness (QED) is 0.473. The summed E-state index contributed by atoms with van der Waals surface area (Å²) < 4.78 is 0. The van der Waals surface area contributed by atoms with E-state index in [1.807, 2.05) is 13.8 Å². The number of hydrogen-bond acceptors (Lipinski definition) is 4. The van der Waals surface area contributed by atoms with Crippen molar-refractivity contribution < 1.29 is 19.5 Å². The molecule has 0 aromatic carbocycles. The SMILES string of the molecule is CC(=O)/C(=N\OC(C)(C)C1CCC(C)CC1)C(=O)O. The Morgan fingerprint density at radius 1 is 1.21 bits per heavy atom. The minimum absolute atomic E-state index is 0.342. The molecule has 0 aliphatic heterocycles. The monoisotopic (exact) mass is 269 g/mol. The lowest BCUT2D eigenvalue weighted by Gasteiger charge is -2.36. The summed E-state index contributed by atoms with van der Waals surface area (Å²) in [6, 6.07) is 0. The lowest BCUT2D eigenvalue weighted by molar-refractivity contribution is -0.131. The number of carboxylic acid groups (broad SMARTS) is 1. The highest BCUT2D eigenvalue weighted by Crippen LogP contribution is 2.37. The number of oxime groups is 1. The molecule has 108 valence electrons. The van der Waals surface area contributed by atoms with Crippen molar-refractivity contribution in [2.75, 3.05) is 0 Å². The van der Waals surface area contributed by atoms with Crippen LogP contribution in [0.4, 0.5) is 0 Å². The minimum atomic E-state index is -1.35. The summed E-state index contributed by atoms with van der Waals surface area (Å²) in [6.45, 7) is 7.21. The highest BCUT2D eigenvalue weighted by atomic mass is 16.7. The molecular weight excluding hydrogens is 246 g/mol. The van der Waals surface area contributed by atoms with Crippen molar-refractivity contribution in [2.24, 2.45) is 17.0 Å². The molecule has 0 atom stereocenters. The number of rotatable bonds is 5. The molecule has 1 N–H and O–H groups in total. The average Bonchev–Trinajstić information content (AvgIpc) is 2.28. The molecule has 19 heavy (non-hydrogen) atoms. The molecule has 0 bridgehead atoms. The van der Waals surface area contributed by atoms with Crippen LogP contribution in [0, 0.1) is 11.8 Å². The van der Waals surface area contributed by atoms with Gasteiger partial charge in [0.2, 0.25) is 5.71 Å². The summed E-state index contributed by atoms with van der Waals surface area (Å²) in [6.07, 6.45) is 4.40. The van der Waals surface area contributed by atoms with Gasteiger partial charge < -0.3 is 9.94 Å². The van der Waals surface area contributed by atoms with Gasteiger partial charge in [-0.25, -0.2) is 4.79 Å². The number of nitrogens with zero attached hydrogens (tertiary/aromatic N) is 1. The third-order valence-electron chi connectivity index (χ3n) is 3.91. The fourth-order valence-corrected chi connectivity index (χ4v) is 2.45. The Morgan fingerprint density at radius 2 is 1.74 bits per heavy atom. The molecule has 1 aliphatic rings. The second-order valence-corrected chi connectivity index (χ2v) is 5.95. The predicted octanol–water partition coefficient (Wildman–Crippen LogP) is 2.64.